The molecule has 1 saturated carbocycles. The summed E-state index contributed by atoms with van der Waals surface area (Å²) in [5, 5.41) is 3.68. The van der Waals surface area contributed by atoms with Gasteiger partial charge in [0.25, 0.3) is 0 Å². The molecule has 4 rings (SSSR count). The molecular weight excluding hydrogens is 355 g/mol. The lowest BCUT2D eigenvalue weighted by Gasteiger charge is -2.41. The lowest BCUT2D eigenvalue weighted by molar-refractivity contribution is -0.137. The Hall–Kier alpha value is -1.66. The number of rotatable bonds is 6. The molecule has 5 nitrogen and oxygen atoms in total. The summed E-state index contributed by atoms with van der Waals surface area (Å²) in [6.45, 7) is 8.43. The Labute approximate surface area is 167 Å². The van der Waals surface area contributed by atoms with Gasteiger partial charge in [0.05, 0.1) is 6.04 Å². The molecule has 28 heavy (non-hydrogen) atoms. The summed E-state index contributed by atoms with van der Waals surface area (Å²) in [4.78, 5) is 19.6. The van der Waals surface area contributed by atoms with Crippen molar-refractivity contribution in [3.05, 3.63) is 30.1 Å². The monoisotopic (exact) mass is 388 g/mol. The summed E-state index contributed by atoms with van der Waals surface area (Å²) in [7, 11) is 0. The molecule has 0 radical (unpaired) electrons. The van der Waals surface area contributed by atoms with Crippen molar-refractivity contribution < 1.29 is 9.18 Å². The number of likely N-dealkylation sites (tertiary alicyclic amines) is 1. The highest BCUT2D eigenvalue weighted by Crippen LogP contribution is 2.28. The van der Waals surface area contributed by atoms with Gasteiger partial charge < -0.3 is 15.1 Å². The first kappa shape index (κ1) is 19.6. The second-order valence-corrected chi connectivity index (χ2v) is 8.63. The van der Waals surface area contributed by atoms with Crippen LogP contribution in [-0.4, -0.2) is 73.6 Å². The zero-order valence-electron chi connectivity index (χ0n) is 16.9. The molecule has 1 aromatic rings. The lowest BCUT2D eigenvalue weighted by Crippen LogP contribution is -2.56. The van der Waals surface area contributed by atoms with E-state index in [1.54, 1.807) is 0 Å². The van der Waals surface area contributed by atoms with Crippen LogP contribution in [0.15, 0.2) is 24.3 Å². The van der Waals surface area contributed by atoms with E-state index in [0.717, 1.165) is 70.3 Å². The number of carbonyl (C=O) groups excluding carboxylic acids is 1. The average Bonchev–Trinajstić information content (AvgIpc) is 3.57. The van der Waals surface area contributed by atoms with Gasteiger partial charge in [-0.05, 0) is 69.3 Å². The van der Waals surface area contributed by atoms with Gasteiger partial charge in [0.2, 0.25) is 5.91 Å². The third-order valence-corrected chi connectivity index (χ3v) is 6.61. The molecule has 6 heteroatoms. The normalized spacial score (nSPS) is 23.1. The Balaban J connectivity index is 1.21. The SMILES string of the molecule is CC(C(=O)N1CCC(NCC2CC2)CC1)N1CCN(c2ccc(F)cc2)CC1. The van der Waals surface area contributed by atoms with Gasteiger partial charge in [0, 0.05) is 51.0 Å². The van der Waals surface area contributed by atoms with Crippen LogP contribution in [0.2, 0.25) is 0 Å². The molecule has 2 aliphatic heterocycles. The minimum absolute atomic E-state index is 0.0636. The number of benzene rings is 1. The molecule has 2 saturated heterocycles. The zero-order valence-corrected chi connectivity index (χ0v) is 16.9. The summed E-state index contributed by atoms with van der Waals surface area (Å²) in [5.41, 5.74) is 1.06. The van der Waals surface area contributed by atoms with Crippen LogP contribution < -0.4 is 10.2 Å². The van der Waals surface area contributed by atoms with E-state index in [-0.39, 0.29) is 17.8 Å². The van der Waals surface area contributed by atoms with E-state index in [9.17, 15) is 9.18 Å². The highest BCUT2D eigenvalue weighted by molar-refractivity contribution is 5.81. The van der Waals surface area contributed by atoms with Gasteiger partial charge in [0.15, 0.2) is 0 Å². The fraction of sp³-hybridized carbons (Fsp3) is 0.682. The van der Waals surface area contributed by atoms with E-state index in [1.165, 1.54) is 25.0 Å². The first-order valence-electron chi connectivity index (χ1n) is 10.9. The molecule has 1 N–H and O–H groups in total. The predicted octanol–water partition coefficient (Wildman–Crippen LogP) is 2.33. The van der Waals surface area contributed by atoms with Gasteiger partial charge in [-0.15, -0.1) is 0 Å². The predicted molar refractivity (Wildman–Crippen MR) is 110 cm³/mol. The van der Waals surface area contributed by atoms with Crippen molar-refractivity contribution >= 4 is 11.6 Å². The summed E-state index contributed by atoms with van der Waals surface area (Å²) >= 11 is 0. The maximum absolute atomic E-state index is 13.1. The van der Waals surface area contributed by atoms with E-state index >= 15 is 0 Å². The smallest absolute Gasteiger partial charge is 0.239 e. The van der Waals surface area contributed by atoms with Gasteiger partial charge in [-0.2, -0.15) is 0 Å². The minimum Gasteiger partial charge on any atom is -0.369 e. The maximum Gasteiger partial charge on any atom is 0.239 e. The fourth-order valence-electron chi connectivity index (χ4n) is 4.40. The number of nitrogens with zero attached hydrogens (tertiary/aromatic N) is 3. The summed E-state index contributed by atoms with van der Waals surface area (Å²) in [5.74, 6) is 0.984. The van der Waals surface area contributed by atoms with Gasteiger partial charge in [-0.1, -0.05) is 0 Å². The minimum atomic E-state index is -0.201. The summed E-state index contributed by atoms with van der Waals surface area (Å²) < 4.78 is 13.1. The zero-order chi connectivity index (χ0) is 19.5. The number of piperidine rings is 1. The Morgan fingerprint density at radius 2 is 1.68 bits per heavy atom. The first-order chi connectivity index (χ1) is 13.6. The number of hydrogen-bond donors (Lipinski definition) is 1. The highest BCUT2D eigenvalue weighted by Gasteiger charge is 2.31. The van der Waals surface area contributed by atoms with Crippen LogP contribution >= 0.6 is 0 Å². The van der Waals surface area contributed by atoms with E-state index < -0.39 is 0 Å². The topological polar surface area (TPSA) is 38.8 Å². The first-order valence-corrected chi connectivity index (χ1v) is 10.9. The number of piperazine rings is 1. The van der Waals surface area contributed by atoms with Gasteiger partial charge in [0.1, 0.15) is 5.82 Å². The van der Waals surface area contributed by atoms with Crippen LogP contribution in [0, 0.1) is 11.7 Å². The van der Waals surface area contributed by atoms with Crippen molar-refractivity contribution in [3.8, 4) is 0 Å². The van der Waals surface area contributed by atoms with Crippen LogP contribution in [0.4, 0.5) is 10.1 Å². The molecule has 1 unspecified atom stereocenters. The molecule has 154 valence electrons. The Kier molecular flexibility index (Phi) is 6.16. The Morgan fingerprint density at radius 3 is 2.29 bits per heavy atom. The molecule has 3 fully saturated rings. The van der Waals surface area contributed by atoms with E-state index in [4.69, 9.17) is 0 Å². The van der Waals surface area contributed by atoms with Crippen LogP contribution in [0.3, 0.4) is 0 Å². The van der Waals surface area contributed by atoms with E-state index in [1.807, 2.05) is 19.1 Å². The number of nitrogens with one attached hydrogen (secondary N) is 1. The van der Waals surface area contributed by atoms with Crippen molar-refractivity contribution in [1.29, 1.82) is 0 Å². The molecule has 1 amide bonds. The highest BCUT2D eigenvalue weighted by atomic mass is 19.1. The van der Waals surface area contributed by atoms with Crippen molar-refractivity contribution in [1.82, 2.24) is 15.1 Å². The Bertz CT molecular complexity index is 647. The van der Waals surface area contributed by atoms with Crippen molar-refractivity contribution in [2.24, 2.45) is 5.92 Å². The number of hydrogen-bond acceptors (Lipinski definition) is 4. The second-order valence-electron chi connectivity index (χ2n) is 8.63. The summed E-state index contributed by atoms with van der Waals surface area (Å²) in [6.07, 6.45) is 4.92. The van der Waals surface area contributed by atoms with Crippen LogP contribution in [-0.2, 0) is 4.79 Å². The third-order valence-electron chi connectivity index (χ3n) is 6.61. The molecule has 1 atom stereocenters. The van der Waals surface area contributed by atoms with Crippen LogP contribution in [0.1, 0.15) is 32.6 Å². The van der Waals surface area contributed by atoms with Gasteiger partial charge >= 0.3 is 0 Å². The molecule has 0 spiro atoms. The standard InChI is InChI=1S/C22H33FN4O/c1-17(22(28)27-10-8-20(9-11-27)24-16-18-2-3-18)25-12-14-26(15-13-25)21-6-4-19(23)5-7-21/h4-7,17-18,20,24H,2-3,8-16H2,1H3. The summed E-state index contributed by atoms with van der Waals surface area (Å²) in [6, 6.07) is 7.21. The number of carbonyl (C=O) groups is 1. The quantitative estimate of drug-likeness (QED) is 0.812. The molecule has 1 aromatic carbocycles. The third kappa shape index (κ3) is 4.84. The maximum atomic E-state index is 13.1. The second kappa shape index (κ2) is 8.78. The van der Waals surface area contributed by atoms with E-state index in [2.05, 4.69) is 20.0 Å². The number of halogens is 1. The molecule has 0 aromatic heterocycles. The average molecular weight is 389 g/mol. The molecule has 2 heterocycles. The van der Waals surface area contributed by atoms with Crippen LogP contribution in [0.5, 0.6) is 0 Å². The number of amides is 1. The van der Waals surface area contributed by atoms with Gasteiger partial charge in [-0.25, -0.2) is 4.39 Å². The van der Waals surface area contributed by atoms with E-state index in [0.29, 0.717) is 6.04 Å². The largest absolute Gasteiger partial charge is 0.369 e. The van der Waals surface area contributed by atoms with Crippen molar-refractivity contribution in [2.75, 3.05) is 50.7 Å². The van der Waals surface area contributed by atoms with Crippen molar-refractivity contribution in [3.63, 3.8) is 0 Å². The Morgan fingerprint density at radius 1 is 1.04 bits per heavy atom. The molecule has 3 aliphatic rings. The lowest BCUT2D eigenvalue weighted by atomic mass is 10.0. The van der Waals surface area contributed by atoms with Crippen molar-refractivity contribution in [2.45, 2.75) is 44.7 Å². The molecule has 1 aliphatic carbocycles. The fourth-order valence-corrected chi connectivity index (χ4v) is 4.40. The van der Waals surface area contributed by atoms with Crippen LogP contribution in [0.25, 0.3) is 0 Å². The molecular formula is C22H33FN4O. The van der Waals surface area contributed by atoms with Gasteiger partial charge in [-0.3, -0.25) is 9.69 Å². The molecule has 0 bridgehead atoms. The number of anilines is 1.